The van der Waals surface area contributed by atoms with E-state index in [-0.39, 0.29) is 18.4 Å². The molecule has 1 atom stereocenters. The summed E-state index contributed by atoms with van der Waals surface area (Å²) in [5.74, 6) is -1.43. The minimum Gasteiger partial charge on any atom is -0.452 e. The lowest BCUT2D eigenvalue weighted by molar-refractivity contribution is -0.153. The van der Waals surface area contributed by atoms with Crippen molar-refractivity contribution in [3.63, 3.8) is 0 Å². The van der Waals surface area contributed by atoms with Crippen LogP contribution in [0.25, 0.3) is 0 Å². The van der Waals surface area contributed by atoms with E-state index < -0.39 is 24.0 Å². The van der Waals surface area contributed by atoms with E-state index in [1.165, 1.54) is 20.3 Å². The van der Waals surface area contributed by atoms with Crippen molar-refractivity contribution < 1.29 is 23.9 Å². The summed E-state index contributed by atoms with van der Waals surface area (Å²) in [4.78, 5) is 47.0. The van der Waals surface area contributed by atoms with Gasteiger partial charge in [-0.15, -0.1) is 0 Å². The fourth-order valence-corrected chi connectivity index (χ4v) is 3.05. The lowest BCUT2D eigenvalue weighted by Gasteiger charge is -2.23. The van der Waals surface area contributed by atoms with Gasteiger partial charge in [-0.2, -0.15) is 0 Å². The molecule has 0 bridgehead atoms. The highest BCUT2D eigenvalue weighted by Gasteiger charge is 2.22. The average Bonchev–Trinajstić information content (AvgIpc) is 2.63. The highest BCUT2D eigenvalue weighted by atomic mass is 16.5. The van der Waals surface area contributed by atoms with Crippen LogP contribution in [-0.2, 0) is 25.5 Å². The summed E-state index contributed by atoms with van der Waals surface area (Å²) in [6, 6.07) is 6.25. The summed E-state index contributed by atoms with van der Waals surface area (Å²) in [5.41, 5.74) is 1.31. The molecule has 0 spiro atoms. The summed E-state index contributed by atoms with van der Waals surface area (Å²) >= 11 is 0. The number of carbonyl (C=O) groups excluding carboxylic acids is 4. The predicted octanol–water partition coefficient (Wildman–Crippen LogP) is 2.28. The maximum absolute atomic E-state index is 12.0. The van der Waals surface area contributed by atoms with Gasteiger partial charge in [-0.05, 0) is 37.5 Å². The smallest absolute Gasteiger partial charge is 0.321 e. The predicted molar refractivity (Wildman–Crippen MR) is 104 cm³/mol. The molecule has 2 rings (SSSR count). The highest BCUT2D eigenvalue weighted by Crippen LogP contribution is 2.17. The second kappa shape index (κ2) is 10.4. The van der Waals surface area contributed by atoms with E-state index in [4.69, 9.17) is 4.74 Å². The zero-order chi connectivity index (χ0) is 20.5. The molecule has 1 saturated carbocycles. The van der Waals surface area contributed by atoms with Crippen molar-refractivity contribution >= 4 is 29.5 Å². The summed E-state index contributed by atoms with van der Waals surface area (Å²) in [5, 5.41) is 7.62. The number of carbonyl (C=O) groups is 4. The monoisotopic (exact) mass is 389 g/mol. The summed E-state index contributed by atoms with van der Waals surface area (Å²) < 4.78 is 5.10. The fourth-order valence-electron chi connectivity index (χ4n) is 3.05. The number of ether oxygens (including phenoxy) is 1. The molecule has 0 radical (unpaired) electrons. The molecule has 1 aromatic rings. The van der Waals surface area contributed by atoms with Gasteiger partial charge in [0.15, 0.2) is 6.10 Å². The quantitative estimate of drug-likeness (QED) is 0.646. The van der Waals surface area contributed by atoms with Crippen LogP contribution in [-0.4, -0.2) is 36.0 Å². The lowest BCUT2D eigenvalue weighted by Crippen LogP contribution is -2.48. The van der Waals surface area contributed by atoms with Crippen molar-refractivity contribution in [2.45, 2.75) is 64.5 Å². The van der Waals surface area contributed by atoms with Gasteiger partial charge in [0.2, 0.25) is 5.91 Å². The summed E-state index contributed by atoms with van der Waals surface area (Å²) in [6.45, 7) is 2.83. The molecule has 3 N–H and O–H groups in total. The van der Waals surface area contributed by atoms with Crippen LogP contribution in [0.15, 0.2) is 24.3 Å². The molecule has 28 heavy (non-hydrogen) atoms. The van der Waals surface area contributed by atoms with Crippen LogP contribution in [0.5, 0.6) is 0 Å². The van der Waals surface area contributed by atoms with E-state index in [1.54, 1.807) is 24.3 Å². The molecule has 0 saturated heterocycles. The number of hydrogen-bond donors (Lipinski definition) is 3. The molecule has 0 aliphatic heterocycles. The normalized spacial score (nSPS) is 15.2. The Balaban J connectivity index is 1.75. The Morgan fingerprint density at radius 2 is 1.71 bits per heavy atom. The van der Waals surface area contributed by atoms with Gasteiger partial charge in [0.25, 0.3) is 5.91 Å². The van der Waals surface area contributed by atoms with Gasteiger partial charge >= 0.3 is 12.0 Å². The molecular formula is C20H27N3O5. The van der Waals surface area contributed by atoms with Crippen LogP contribution in [0.1, 0.15) is 51.5 Å². The van der Waals surface area contributed by atoms with Gasteiger partial charge in [0.1, 0.15) is 0 Å². The molecule has 0 aromatic heterocycles. The number of imide groups is 1. The SMILES string of the molecule is CC(=O)Nc1ccc(CC(=O)O[C@@H](C)C(=O)NC(=O)NC2CCCCC2)cc1. The Kier molecular flexibility index (Phi) is 7.98. The van der Waals surface area contributed by atoms with Crippen molar-refractivity contribution in [2.75, 3.05) is 5.32 Å². The average molecular weight is 389 g/mol. The van der Waals surface area contributed by atoms with E-state index in [0.717, 1.165) is 25.7 Å². The van der Waals surface area contributed by atoms with E-state index in [1.807, 2.05) is 0 Å². The Labute approximate surface area is 164 Å². The van der Waals surface area contributed by atoms with E-state index in [0.29, 0.717) is 11.3 Å². The standard InChI is InChI=1S/C20H27N3O5/c1-13(19(26)23-20(27)22-16-6-4-3-5-7-16)28-18(25)12-15-8-10-17(11-9-15)21-14(2)24/h8-11,13,16H,3-7,12H2,1-2H3,(H,21,24)(H2,22,23,26,27)/t13-/m0/s1. The lowest BCUT2D eigenvalue weighted by atomic mass is 9.96. The van der Waals surface area contributed by atoms with Gasteiger partial charge in [0, 0.05) is 18.7 Å². The second-order valence-corrected chi connectivity index (χ2v) is 6.98. The minimum atomic E-state index is -1.08. The molecule has 0 unspecified atom stereocenters. The molecule has 1 aliphatic rings. The molecule has 1 aromatic carbocycles. The zero-order valence-electron chi connectivity index (χ0n) is 16.2. The fraction of sp³-hybridized carbons (Fsp3) is 0.500. The van der Waals surface area contributed by atoms with Crippen molar-refractivity contribution in [3.8, 4) is 0 Å². The molecule has 152 valence electrons. The molecule has 1 fully saturated rings. The van der Waals surface area contributed by atoms with Gasteiger partial charge in [0.05, 0.1) is 6.42 Å². The number of benzene rings is 1. The van der Waals surface area contributed by atoms with Gasteiger partial charge in [-0.25, -0.2) is 4.79 Å². The number of anilines is 1. The van der Waals surface area contributed by atoms with Crippen LogP contribution in [0.2, 0.25) is 0 Å². The molecule has 4 amide bonds. The Morgan fingerprint density at radius 3 is 2.32 bits per heavy atom. The Bertz CT molecular complexity index is 711. The Morgan fingerprint density at radius 1 is 1.07 bits per heavy atom. The number of amides is 4. The molecular weight excluding hydrogens is 362 g/mol. The zero-order valence-corrected chi connectivity index (χ0v) is 16.2. The van der Waals surface area contributed by atoms with Crippen molar-refractivity contribution in [3.05, 3.63) is 29.8 Å². The van der Waals surface area contributed by atoms with E-state index in [9.17, 15) is 19.2 Å². The maximum Gasteiger partial charge on any atom is 0.321 e. The number of esters is 1. The van der Waals surface area contributed by atoms with Crippen LogP contribution < -0.4 is 16.0 Å². The number of hydrogen-bond acceptors (Lipinski definition) is 5. The minimum absolute atomic E-state index is 0.0216. The van der Waals surface area contributed by atoms with Crippen molar-refractivity contribution in [2.24, 2.45) is 0 Å². The van der Waals surface area contributed by atoms with Crippen molar-refractivity contribution in [1.29, 1.82) is 0 Å². The largest absolute Gasteiger partial charge is 0.452 e. The van der Waals surface area contributed by atoms with Crippen molar-refractivity contribution in [1.82, 2.24) is 10.6 Å². The first-order chi connectivity index (χ1) is 13.3. The van der Waals surface area contributed by atoms with Crippen LogP contribution >= 0.6 is 0 Å². The van der Waals surface area contributed by atoms with Crippen LogP contribution in [0.4, 0.5) is 10.5 Å². The molecule has 1 aliphatic carbocycles. The van der Waals surface area contributed by atoms with Crippen LogP contribution in [0, 0.1) is 0 Å². The van der Waals surface area contributed by atoms with Gasteiger partial charge < -0.3 is 15.4 Å². The third-order valence-electron chi connectivity index (χ3n) is 4.48. The molecule has 0 heterocycles. The number of nitrogens with one attached hydrogen (secondary N) is 3. The number of urea groups is 1. The first kappa shape index (κ1) is 21.4. The Hall–Kier alpha value is -2.90. The molecule has 8 heteroatoms. The second-order valence-electron chi connectivity index (χ2n) is 6.98. The van der Waals surface area contributed by atoms with E-state index in [2.05, 4.69) is 16.0 Å². The third kappa shape index (κ3) is 7.38. The highest BCUT2D eigenvalue weighted by molar-refractivity contribution is 5.97. The first-order valence-corrected chi connectivity index (χ1v) is 9.51. The van der Waals surface area contributed by atoms with Crippen LogP contribution in [0.3, 0.4) is 0 Å². The molecule has 8 nitrogen and oxygen atoms in total. The third-order valence-corrected chi connectivity index (χ3v) is 4.48. The van der Waals surface area contributed by atoms with Gasteiger partial charge in [-0.1, -0.05) is 31.4 Å². The first-order valence-electron chi connectivity index (χ1n) is 9.51. The summed E-state index contributed by atoms with van der Waals surface area (Å²) in [6.07, 6.45) is 4.02. The van der Waals surface area contributed by atoms with E-state index >= 15 is 0 Å². The topological polar surface area (TPSA) is 114 Å². The summed E-state index contributed by atoms with van der Waals surface area (Å²) in [7, 11) is 0. The van der Waals surface area contributed by atoms with Gasteiger partial charge in [-0.3, -0.25) is 19.7 Å². The number of rotatable bonds is 6. The maximum atomic E-state index is 12.0.